The molecule has 1 N–H and O–H groups in total. The van der Waals surface area contributed by atoms with Gasteiger partial charge in [0.1, 0.15) is 5.82 Å². The molecule has 2 aromatic carbocycles. The molecular formula is C19H14FN3OS3. The van der Waals surface area contributed by atoms with Crippen LogP contribution in [-0.2, 0) is 5.75 Å². The van der Waals surface area contributed by atoms with Crippen LogP contribution in [0.4, 0.5) is 9.52 Å². The summed E-state index contributed by atoms with van der Waals surface area (Å²) in [6.07, 6.45) is 0. The van der Waals surface area contributed by atoms with Gasteiger partial charge in [0.05, 0.1) is 20.9 Å². The highest BCUT2D eigenvalue weighted by Gasteiger charge is 2.11. The SMILES string of the molecule is Cc1nc(CSc2ccc(C(=O)Nc3nc4ccc(F)cc4s3)cc2)cs1. The molecule has 27 heavy (non-hydrogen) atoms. The molecule has 0 saturated carbocycles. The monoisotopic (exact) mass is 415 g/mol. The third kappa shape index (κ3) is 4.35. The highest BCUT2D eigenvalue weighted by Crippen LogP contribution is 2.27. The van der Waals surface area contributed by atoms with Crippen molar-refractivity contribution in [2.24, 2.45) is 0 Å². The molecule has 0 aliphatic carbocycles. The Balaban J connectivity index is 1.40. The van der Waals surface area contributed by atoms with Gasteiger partial charge in [-0.2, -0.15) is 0 Å². The van der Waals surface area contributed by atoms with Gasteiger partial charge in [0.2, 0.25) is 0 Å². The molecule has 0 aliphatic heterocycles. The Morgan fingerprint density at radius 3 is 2.74 bits per heavy atom. The minimum Gasteiger partial charge on any atom is -0.298 e. The molecule has 0 aliphatic rings. The summed E-state index contributed by atoms with van der Waals surface area (Å²) in [6, 6.07) is 11.8. The maximum atomic E-state index is 13.3. The lowest BCUT2D eigenvalue weighted by Gasteiger charge is -2.03. The van der Waals surface area contributed by atoms with Gasteiger partial charge in [0.15, 0.2) is 5.13 Å². The molecular weight excluding hydrogens is 401 g/mol. The first-order chi connectivity index (χ1) is 13.1. The van der Waals surface area contributed by atoms with Crippen molar-refractivity contribution in [3.8, 4) is 0 Å². The Morgan fingerprint density at radius 1 is 1.19 bits per heavy atom. The highest BCUT2D eigenvalue weighted by atomic mass is 32.2. The summed E-state index contributed by atoms with van der Waals surface area (Å²) in [5.74, 6) is 0.254. The number of aromatic nitrogens is 2. The maximum Gasteiger partial charge on any atom is 0.257 e. The van der Waals surface area contributed by atoms with Crippen LogP contribution >= 0.6 is 34.4 Å². The smallest absolute Gasteiger partial charge is 0.257 e. The van der Waals surface area contributed by atoms with Gasteiger partial charge in [-0.25, -0.2) is 14.4 Å². The number of hydrogen-bond acceptors (Lipinski definition) is 6. The molecule has 1 amide bonds. The number of amides is 1. The third-order valence-corrected chi connectivity index (χ3v) is 6.54. The fourth-order valence-electron chi connectivity index (χ4n) is 2.46. The zero-order valence-corrected chi connectivity index (χ0v) is 16.7. The lowest BCUT2D eigenvalue weighted by atomic mass is 10.2. The van der Waals surface area contributed by atoms with E-state index >= 15 is 0 Å². The Hall–Kier alpha value is -2.29. The van der Waals surface area contributed by atoms with Crippen LogP contribution in [0.25, 0.3) is 10.2 Å². The fourth-order valence-corrected chi connectivity index (χ4v) is 4.85. The third-order valence-electron chi connectivity index (χ3n) is 3.74. The number of thioether (sulfide) groups is 1. The molecule has 136 valence electrons. The number of nitrogens with zero attached hydrogens (tertiary/aromatic N) is 2. The van der Waals surface area contributed by atoms with Crippen LogP contribution in [0.1, 0.15) is 21.1 Å². The van der Waals surface area contributed by atoms with Crippen molar-refractivity contribution >= 4 is 55.7 Å². The van der Waals surface area contributed by atoms with E-state index in [2.05, 4.69) is 20.7 Å². The van der Waals surface area contributed by atoms with E-state index in [-0.39, 0.29) is 11.7 Å². The predicted molar refractivity (Wildman–Crippen MR) is 110 cm³/mol. The van der Waals surface area contributed by atoms with E-state index in [1.165, 1.54) is 23.5 Å². The van der Waals surface area contributed by atoms with Gasteiger partial charge in [0.25, 0.3) is 5.91 Å². The number of aryl methyl sites for hydroxylation is 1. The van der Waals surface area contributed by atoms with Crippen LogP contribution < -0.4 is 5.32 Å². The van der Waals surface area contributed by atoms with Gasteiger partial charge in [0, 0.05) is 21.6 Å². The number of anilines is 1. The quantitative estimate of drug-likeness (QED) is 0.422. The number of thiazole rings is 2. The molecule has 4 aromatic rings. The van der Waals surface area contributed by atoms with E-state index in [4.69, 9.17) is 0 Å². The van der Waals surface area contributed by atoms with E-state index in [1.807, 2.05) is 19.1 Å². The average Bonchev–Trinajstić information content (AvgIpc) is 3.25. The normalized spacial score (nSPS) is 11.0. The molecule has 0 atom stereocenters. The predicted octanol–water partition coefficient (Wildman–Crippen LogP) is 5.74. The number of rotatable bonds is 5. The van der Waals surface area contributed by atoms with E-state index in [0.717, 1.165) is 21.3 Å². The van der Waals surface area contributed by atoms with Crippen LogP contribution in [0.15, 0.2) is 52.7 Å². The average molecular weight is 416 g/mol. The zero-order valence-electron chi connectivity index (χ0n) is 14.2. The number of nitrogens with one attached hydrogen (secondary N) is 1. The van der Waals surface area contributed by atoms with Gasteiger partial charge >= 0.3 is 0 Å². The number of hydrogen-bond donors (Lipinski definition) is 1. The second kappa shape index (κ2) is 7.75. The lowest BCUT2D eigenvalue weighted by molar-refractivity contribution is 0.102. The largest absolute Gasteiger partial charge is 0.298 e. The molecule has 0 radical (unpaired) electrons. The molecule has 0 fully saturated rings. The summed E-state index contributed by atoms with van der Waals surface area (Å²) in [4.78, 5) is 22.3. The van der Waals surface area contributed by atoms with Crippen molar-refractivity contribution in [1.82, 2.24) is 9.97 Å². The topological polar surface area (TPSA) is 54.9 Å². The van der Waals surface area contributed by atoms with E-state index < -0.39 is 0 Å². The maximum absolute atomic E-state index is 13.3. The second-order valence-electron chi connectivity index (χ2n) is 5.76. The summed E-state index contributed by atoms with van der Waals surface area (Å²) in [6.45, 7) is 1.99. The Kier molecular flexibility index (Phi) is 5.20. The van der Waals surface area contributed by atoms with Crippen molar-refractivity contribution in [1.29, 1.82) is 0 Å². The zero-order chi connectivity index (χ0) is 18.8. The molecule has 4 rings (SSSR count). The molecule has 0 unspecified atom stereocenters. The number of benzene rings is 2. The molecule has 2 aromatic heterocycles. The van der Waals surface area contributed by atoms with E-state index in [0.29, 0.717) is 20.9 Å². The lowest BCUT2D eigenvalue weighted by Crippen LogP contribution is -2.11. The van der Waals surface area contributed by atoms with Crippen molar-refractivity contribution < 1.29 is 9.18 Å². The molecule has 8 heteroatoms. The number of halogens is 1. The van der Waals surface area contributed by atoms with E-state index in [1.54, 1.807) is 41.3 Å². The van der Waals surface area contributed by atoms with Gasteiger partial charge in [-0.05, 0) is 49.4 Å². The second-order valence-corrected chi connectivity index (χ2v) is 8.90. The van der Waals surface area contributed by atoms with Crippen molar-refractivity contribution in [2.45, 2.75) is 17.6 Å². The minimum absolute atomic E-state index is 0.235. The van der Waals surface area contributed by atoms with Crippen molar-refractivity contribution in [3.63, 3.8) is 0 Å². The first-order valence-corrected chi connectivity index (χ1v) is 10.8. The standard InChI is InChI=1S/C19H14FN3OS3/c1-11-21-14(9-25-11)10-26-15-5-2-12(3-6-15)18(24)23-19-22-16-7-4-13(20)8-17(16)27-19/h2-9H,10H2,1H3,(H,22,23,24). The Bertz CT molecular complexity index is 1110. The van der Waals surface area contributed by atoms with Crippen LogP contribution in [0.2, 0.25) is 0 Å². The summed E-state index contributed by atoms with van der Waals surface area (Å²) in [5.41, 5.74) is 2.28. The minimum atomic E-state index is -0.315. The van der Waals surface area contributed by atoms with Gasteiger partial charge in [-0.1, -0.05) is 11.3 Å². The number of carbonyl (C=O) groups excluding carboxylic acids is 1. The van der Waals surface area contributed by atoms with Crippen molar-refractivity contribution in [3.05, 3.63) is 69.9 Å². The Morgan fingerprint density at radius 2 is 2.00 bits per heavy atom. The van der Waals surface area contributed by atoms with Crippen LogP contribution in [0.3, 0.4) is 0 Å². The van der Waals surface area contributed by atoms with E-state index in [9.17, 15) is 9.18 Å². The summed E-state index contributed by atoms with van der Waals surface area (Å²) < 4.78 is 14.0. The Labute approximate surface area is 167 Å². The molecule has 0 saturated heterocycles. The van der Waals surface area contributed by atoms with Crippen molar-refractivity contribution in [2.75, 3.05) is 5.32 Å². The molecule has 4 nitrogen and oxygen atoms in total. The van der Waals surface area contributed by atoms with Gasteiger partial charge < -0.3 is 0 Å². The summed E-state index contributed by atoms with van der Waals surface area (Å²) in [5, 5.41) is 6.36. The summed E-state index contributed by atoms with van der Waals surface area (Å²) >= 11 is 4.58. The van der Waals surface area contributed by atoms with Gasteiger partial charge in [-0.15, -0.1) is 23.1 Å². The van der Waals surface area contributed by atoms with Crippen LogP contribution in [0.5, 0.6) is 0 Å². The highest BCUT2D eigenvalue weighted by molar-refractivity contribution is 7.98. The van der Waals surface area contributed by atoms with Crippen LogP contribution in [-0.4, -0.2) is 15.9 Å². The number of fused-ring (bicyclic) bond motifs is 1. The summed E-state index contributed by atoms with van der Waals surface area (Å²) in [7, 11) is 0. The first kappa shape index (κ1) is 18.1. The van der Waals surface area contributed by atoms with Crippen LogP contribution in [0, 0.1) is 12.7 Å². The molecule has 0 spiro atoms. The number of carbonyl (C=O) groups is 1. The molecule has 2 heterocycles. The molecule has 0 bridgehead atoms. The fraction of sp³-hybridized carbons (Fsp3) is 0.105. The first-order valence-electron chi connectivity index (χ1n) is 8.08. The van der Waals surface area contributed by atoms with Gasteiger partial charge in [-0.3, -0.25) is 10.1 Å².